The Hall–Kier alpha value is -5.41. The first-order valence-corrected chi connectivity index (χ1v) is 17.3. The molecule has 3 heteroatoms. The molecule has 3 nitrogen and oxygen atoms in total. The van der Waals surface area contributed by atoms with E-state index in [1.165, 1.54) is 39.0 Å². The lowest BCUT2D eigenvalue weighted by molar-refractivity contribution is 0.420. The molecule has 1 aromatic heterocycles. The molecule has 240 valence electrons. The fourth-order valence-corrected chi connectivity index (χ4v) is 8.43. The van der Waals surface area contributed by atoms with Crippen LogP contribution >= 0.6 is 0 Å². The molecule has 4 aliphatic rings. The number of fused-ring (bicyclic) bond motifs is 9. The highest BCUT2D eigenvalue weighted by molar-refractivity contribution is 5.89. The summed E-state index contributed by atoms with van der Waals surface area (Å²) in [4.78, 5) is 15.7. The van der Waals surface area contributed by atoms with Crippen LogP contribution in [0.15, 0.2) is 163 Å². The lowest BCUT2D eigenvalue weighted by atomic mass is 9.61. The lowest BCUT2D eigenvalue weighted by Gasteiger charge is -2.41. The highest BCUT2D eigenvalue weighted by atomic mass is 15.0. The third-order valence-electron chi connectivity index (χ3n) is 10.5. The minimum Gasteiger partial charge on any atom is -0.208 e. The van der Waals surface area contributed by atoms with E-state index in [0.29, 0.717) is 11.6 Å². The zero-order valence-corrected chi connectivity index (χ0v) is 28.7. The van der Waals surface area contributed by atoms with E-state index in [1.54, 1.807) is 6.08 Å². The second-order valence-corrected chi connectivity index (χ2v) is 14.3. The second kappa shape index (κ2) is 11.9. The zero-order chi connectivity index (χ0) is 33.8. The molecule has 0 fully saturated rings. The molecule has 0 saturated carbocycles. The average Bonchev–Trinajstić information content (AvgIpc) is 3.43. The molecule has 0 N–H and O–H groups in total. The van der Waals surface area contributed by atoms with Crippen LogP contribution in [0.1, 0.15) is 56.9 Å². The van der Waals surface area contributed by atoms with Crippen molar-refractivity contribution in [3.8, 4) is 22.5 Å². The molecule has 8 rings (SSSR count). The summed E-state index contributed by atoms with van der Waals surface area (Å²) in [7, 11) is 0. The molecular weight excluding hydrogens is 595 g/mol. The van der Waals surface area contributed by atoms with Crippen LogP contribution in [-0.2, 0) is 5.41 Å². The maximum absolute atomic E-state index is 5.31. The number of rotatable bonds is 5. The molecule has 2 atom stereocenters. The molecule has 4 aromatic rings. The second-order valence-electron chi connectivity index (χ2n) is 14.3. The van der Waals surface area contributed by atoms with E-state index >= 15 is 0 Å². The third-order valence-corrected chi connectivity index (χ3v) is 10.5. The van der Waals surface area contributed by atoms with Gasteiger partial charge >= 0.3 is 0 Å². The molecule has 0 amide bonds. The van der Waals surface area contributed by atoms with Crippen molar-refractivity contribution in [2.75, 3.05) is 0 Å². The number of hydrogen-bond acceptors (Lipinski definition) is 3. The highest BCUT2D eigenvalue weighted by Gasteiger charge is 2.59. The molecule has 0 aliphatic heterocycles. The van der Waals surface area contributed by atoms with E-state index < -0.39 is 0 Å². The van der Waals surface area contributed by atoms with E-state index in [1.807, 2.05) is 43.4 Å². The summed E-state index contributed by atoms with van der Waals surface area (Å²) in [6.45, 7) is 13.0. The first-order chi connectivity index (χ1) is 23.9. The quantitative estimate of drug-likeness (QED) is 0.205. The fourth-order valence-electron chi connectivity index (χ4n) is 8.43. The Morgan fingerprint density at radius 1 is 0.816 bits per heavy atom. The van der Waals surface area contributed by atoms with Gasteiger partial charge in [-0.3, -0.25) is 0 Å². The van der Waals surface area contributed by atoms with Crippen LogP contribution in [-0.4, -0.2) is 15.0 Å². The topological polar surface area (TPSA) is 38.7 Å². The largest absolute Gasteiger partial charge is 0.208 e. The molecule has 4 aliphatic carbocycles. The minimum atomic E-state index is -0.356. The predicted molar refractivity (Wildman–Crippen MR) is 203 cm³/mol. The van der Waals surface area contributed by atoms with E-state index in [-0.39, 0.29) is 22.7 Å². The Morgan fingerprint density at radius 2 is 1.47 bits per heavy atom. The lowest BCUT2D eigenvalue weighted by Crippen LogP contribution is -2.37. The van der Waals surface area contributed by atoms with Gasteiger partial charge in [0.15, 0.2) is 17.5 Å². The molecule has 49 heavy (non-hydrogen) atoms. The van der Waals surface area contributed by atoms with E-state index in [9.17, 15) is 0 Å². The van der Waals surface area contributed by atoms with Gasteiger partial charge in [-0.2, -0.15) is 0 Å². The Bertz CT molecular complexity index is 2170. The van der Waals surface area contributed by atoms with Crippen molar-refractivity contribution in [3.63, 3.8) is 0 Å². The first-order valence-electron chi connectivity index (χ1n) is 17.3. The van der Waals surface area contributed by atoms with Crippen LogP contribution < -0.4 is 0 Å². The van der Waals surface area contributed by atoms with Crippen LogP contribution in [0.25, 0.3) is 33.7 Å². The van der Waals surface area contributed by atoms with Crippen LogP contribution in [0, 0.1) is 17.3 Å². The van der Waals surface area contributed by atoms with Gasteiger partial charge in [0.05, 0.1) is 5.41 Å². The SMILES string of the molecule is C=C/C=C(\C=C/C)c1nc(C2=CC(C(C)(C)C)=CC3C2C2=C(C=CCC=C2)C32c3ccccc3-c3ccccc32)nc(-c2ccccc2)n1. The zero-order valence-electron chi connectivity index (χ0n) is 28.7. The molecule has 0 radical (unpaired) electrons. The molecular formula is C46H41N3. The van der Waals surface area contributed by atoms with E-state index in [2.05, 4.69) is 124 Å². The monoisotopic (exact) mass is 635 g/mol. The van der Waals surface area contributed by atoms with Crippen molar-refractivity contribution >= 4 is 11.1 Å². The molecule has 3 aromatic carbocycles. The average molecular weight is 636 g/mol. The molecule has 1 heterocycles. The van der Waals surface area contributed by atoms with Crippen molar-refractivity contribution in [2.24, 2.45) is 17.3 Å². The standard InChI is InChI=1S/C46H41N3/c1-6-18-30(19-7-2)42-47-43(31-20-10-8-11-21-31)49-44(48-42)36-28-32(45(3,4)5)29-40-41(36)35-24-12-9-13-25-39(35)46(40)37-26-16-14-22-33(37)34-23-15-17-27-38(34)46/h6-8,10-29,40-41H,1,9H2,2-5H3/b19-7-,30-18+. The van der Waals surface area contributed by atoms with Crippen molar-refractivity contribution in [3.05, 3.63) is 186 Å². The smallest absolute Gasteiger partial charge is 0.164 e. The van der Waals surface area contributed by atoms with Crippen molar-refractivity contribution in [1.82, 2.24) is 15.0 Å². The van der Waals surface area contributed by atoms with Gasteiger partial charge in [0, 0.05) is 28.5 Å². The Kier molecular flexibility index (Phi) is 7.52. The van der Waals surface area contributed by atoms with E-state index in [0.717, 1.165) is 29.0 Å². The summed E-state index contributed by atoms with van der Waals surface area (Å²) in [6, 6.07) is 28.4. The van der Waals surface area contributed by atoms with Gasteiger partial charge < -0.3 is 0 Å². The van der Waals surface area contributed by atoms with Gasteiger partial charge in [-0.1, -0.05) is 167 Å². The Morgan fingerprint density at radius 3 is 2.14 bits per heavy atom. The van der Waals surface area contributed by atoms with Gasteiger partial charge in [0.2, 0.25) is 0 Å². The number of nitrogens with zero attached hydrogens (tertiary/aromatic N) is 3. The highest BCUT2D eigenvalue weighted by Crippen LogP contribution is 2.67. The number of benzene rings is 3. The van der Waals surface area contributed by atoms with Gasteiger partial charge in [0.25, 0.3) is 0 Å². The van der Waals surface area contributed by atoms with Gasteiger partial charge in [-0.05, 0) is 57.7 Å². The van der Waals surface area contributed by atoms with Crippen molar-refractivity contribution < 1.29 is 0 Å². The van der Waals surface area contributed by atoms with Gasteiger partial charge in [0.1, 0.15) is 0 Å². The predicted octanol–water partition coefficient (Wildman–Crippen LogP) is 11.1. The van der Waals surface area contributed by atoms with Crippen molar-refractivity contribution in [1.29, 1.82) is 0 Å². The summed E-state index contributed by atoms with van der Waals surface area (Å²) in [6.07, 6.45) is 23.2. The maximum Gasteiger partial charge on any atom is 0.164 e. The summed E-state index contributed by atoms with van der Waals surface area (Å²) >= 11 is 0. The Balaban J connectivity index is 1.45. The third kappa shape index (κ3) is 4.83. The van der Waals surface area contributed by atoms with Gasteiger partial charge in [-0.15, -0.1) is 0 Å². The van der Waals surface area contributed by atoms with Crippen molar-refractivity contribution in [2.45, 2.75) is 39.5 Å². The number of allylic oxidation sites excluding steroid dienone is 15. The normalized spacial score (nSPS) is 20.4. The summed E-state index contributed by atoms with van der Waals surface area (Å²) in [5, 5.41) is 0. The number of hydrogen-bond donors (Lipinski definition) is 0. The van der Waals surface area contributed by atoms with E-state index in [4.69, 9.17) is 15.0 Å². The maximum atomic E-state index is 5.31. The van der Waals surface area contributed by atoms with Crippen LogP contribution in [0.3, 0.4) is 0 Å². The van der Waals surface area contributed by atoms with Crippen LogP contribution in [0.5, 0.6) is 0 Å². The summed E-state index contributed by atoms with van der Waals surface area (Å²) in [5.41, 5.74) is 12.0. The molecule has 2 unspecified atom stereocenters. The summed E-state index contributed by atoms with van der Waals surface area (Å²) < 4.78 is 0. The Labute approximate surface area is 290 Å². The molecule has 0 bridgehead atoms. The molecule has 0 saturated heterocycles. The summed E-state index contributed by atoms with van der Waals surface area (Å²) in [5.74, 6) is 2.17. The fraction of sp³-hybridized carbons (Fsp3) is 0.196. The minimum absolute atomic E-state index is 0.0340. The first kappa shape index (κ1) is 30.9. The van der Waals surface area contributed by atoms with Crippen LogP contribution in [0.4, 0.5) is 0 Å². The van der Waals surface area contributed by atoms with Gasteiger partial charge in [-0.25, -0.2) is 15.0 Å². The number of aromatic nitrogens is 3. The molecule has 1 spiro atoms. The van der Waals surface area contributed by atoms with Crippen LogP contribution in [0.2, 0.25) is 0 Å².